The van der Waals surface area contributed by atoms with Gasteiger partial charge in [0.05, 0.1) is 0 Å². The molecule has 3 fully saturated rings. The van der Waals surface area contributed by atoms with E-state index in [4.69, 9.17) is 0 Å². The first-order valence-electron chi connectivity index (χ1n) is 8.78. The first-order valence-corrected chi connectivity index (χ1v) is 8.78. The third-order valence-electron chi connectivity index (χ3n) is 5.93. The van der Waals surface area contributed by atoms with Crippen LogP contribution in [0.5, 0.6) is 0 Å². The predicted molar refractivity (Wildman–Crippen MR) is 87.6 cm³/mol. The minimum absolute atomic E-state index is 0.496. The van der Waals surface area contributed by atoms with Gasteiger partial charge in [0.15, 0.2) is 0 Å². The van der Waals surface area contributed by atoms with Crippen LogP contribution in [0, 0.1) is 0 Å². The summed E-state index contributed by atoms with van der Waals surface area (Å²) in [5, 5.41) is 0. The average Bonchev–Trinajstić information content (AvgIpc) is 2.98. The molecule has 3 heteroatoms. The van der Waals surface area contributed by atoms with Gasteiger partial charge in [-0.25, -0.2) is 0 Å². The highest BCUT2D eigenvalue weighted by molar-refractivity contribution is 5.81. The van der Waals surface area contributed by atoms with E-state index < -0.39 is 0 Å². The molecular formula is C19H26N2O. The summed E-state index contributed by atoms with van der Waals surface area (Å²) >= 11 is 0. The number of benzene rings is 1. The zero-order valence-electron chi connectivity index (χ0n) is 13.4. The second-order valence-electron chi connectivity index (χ2n) is 7.43. The molecule has 0 N–H and O–H groups in total. The van der Waals surface area contributed by atoms with E-state index in [2.05, 4.69) is 47.1 Å². The quantitative estimate of drug-likeness (QED) is 0.857. The lowest BCUT2D eigenvalue weighted by Gasteiger charge is -2.38. The van der Waals surface area contributed by atoms with Crippen LogP contribution in [-0.2, 0) is 11.3 Å². The van der Waals surface area contributed by atoms with Crippen LogP contribution in [0.25, 0.3) is 0 Å². The number of hydrogen-bond donors (Lipinski definition) is 0. The molecule has 3 heterocycles. The molecule has 2 bridgehead atoms. The zero-order valence-corrected chi connectivity index (χ0v) is 13.4. The third-order valence-corrected chi connectivity index (χ3v) is 5.93. The second-order valence-corrected chi connectivity index (χ2v) is 7.43. The van der Waals surface area contributed by atoms with Gasteiger partial charge in [0, 0.05) is 50.1 Å². The summed E-state index contributed by atoms with van der Waals surface area (Å²) in [6.07, 6.45) is 5.34. The molecule has 4 atom stereocenters. The number of Topliss-reactive ketones (excluding diaryl/α,β-unsaturated/α-hetero) is 1. The molecule has 0 aromatic heterocycles. The topological polar surface area (TPSA) is 23.6 Å². The van der Waals surface area contributed by atoms with E-state index in [1.807, 2.05) is 0 Å². The summed E-state index contributed by atoms with van der Waals surface area (Å²) in [5.74, 6) is 0.496. The molecule has 1 aromatic carbocycles. The Kier molecular flexibility index (Phi) is 3.79. The van der Waals surface area contributed by atoms with Gasteiger partial charge in [-0.05, 0) is 31.7 Å². The van der Waals surface area contributed by atoms with Crippen LogP contribution in [0.3, 0.4) is 0 Å². The summed E-state index contributed by atoms with van der Waals surface area (Å²) < 4.78 is 0. The largest absolute Gasteiger partial charge is 0.300 e. The predicted octanol–water partition coefficient (Wildman–Crippen LogP) is 2.85. The smallest absolute Gasteiger partial charge is 0.136 e. The Morgan fingerprint density at radius 1 is 1.05 bits per heavy atom. The Balaban J connectivity index is 1.44. The molecule has 3 saturated heterocycles. The van der Waals surface area contributed by atoms with Gasteiger partial charge < -0.3 is 0 Å². The van der Waals surface area contributed by atoms with E-state index in [0.717, 1.165) is 25.9 Å². The van der Waals surface area contributed by atoms with Gasteiger partial charge in [-0.3, -0.25) is 14.6 Å². The highest BCUT2D eigenvalue weighted by Gasteiger charge is 2.46. The van der Waals surface area contributed by atoms with Crippen LogP contribution in [0.2, 0.25) is 0 Å². The minimum Gasteiger partial charge on any atom is -0.300 e. The minimum atomic E-state index is 0.496. The maximum absolute atomic E-state index is 11.8. The maximum atomic E-state index is 11.8. The Labute approximate surface area is 133 Å². The standard InChI is InChI=1S/C19H26N2O/c1-14-9-18(13-20(14)12-15-5-3-2-4-6-15)21-16-7-8-17(21)11-19(22)10-16/h2-6,14,16-18H,7-13H2,1H3. The normalized spacial score (nSPS) is 36.1. The van der Waals surface area contributed by atoms with Crippen molar-refractivity contribution < 1.29 is 4.79 Å². The fourth-order valence-electron chi connectivity index (χ4n) is 4.92. The average molecular weight is 298 g/mol. The lowest BCUT2D eigenvalue weighted by Crippen LogP contribution is -2.49. The molecule has 22 heavy (non-hydrogen) atoms. The molecule has 0 aliphatic carbocycles. The molecule has 3 aliphatic rings. The first-order chi connectivity index (χ1) is 10.7. The molecule has 4 unspecified atom stereocenters. The van der Waals surface area contributed by atoms with E-state index in [1.165, 1.54) is 24.8 Å². The summed E-state index contributed by atoms with van der Waals surface area (Å²) in [5.41, 5.74) is 1.41. The van der Waals surface area contributed by atoms with Crippen LogP contribution in [0.4, 0.5) is 0 Å². The van der Waals surface area contributed by atoms with Crippen molar-refractivity contribution in [3.05, 3.63) is 35.9 Å². The van der Waals surface area contributed by atoms with Gasteiger partial charge >= 0.3 is 0 Å². The van der Waals surface area contributed by atoms with Crippen LogP contribution < -0.4 is 0 Å². The molecule has 4 rings (SSSR count). The molecule has 118 valence electrons. The molecule has 0 radical (unpaired) electrons. The van der Waals surface area contributed by atoms with Crippen molar-refractivity contribution in [1.29, 1.82) is 0 Å². The van der Waals surface area contributed by atoms with Crippen molar-refractivity contribution in [3.63, 3.8) is 0 Å². The fraction of sp³-hybridized carbons (Fsp3) is 0.632. The van der Waals surface area contributed by atoms with Gasteiger partial charge in [0.1, 0.15) is 5.78 Å². The van der Waals surface area contributed by atoms with Crippen molar-refractivity contribution >= 4 is 5.78 Å². The van der Waals surface area contributed by atoms with Crippen LogP contribution in [-0.4, -0.2) is 46.3 Å². The molecule has 3 aliphatic heterocycles. The van der Waals surface area contributed by atoms with E-state index in [9.17, 15) is 4.79 Å². The van der Waals surface area contributed by atoms with E-state index in [-0.39, 0.29) is 0 Å². The van der Waals surface area contributed by atoms with E-state index >= 15 is 0 Å². The number of carbonyl (C=O) groups is 1. The van der Waals surface area contributed by atoms with Crippen LogP contribution in [0.15, 0.2) is 30.3 Å². The Morgan fingerprint density at radius 3 is 2.41 bits per heavy atom. The highest BCUT2D eigenvalue weighted by atomic mass is 16.1. The molecule has 0 saturated carbocycles. The van der Waals surface area contributed by atoms with Gasteiger partial charge in [-0.2, -0.15) is 0 Å². The molecule has 1 aromatic rings. The maximum Gasteiger partial charge on any atom is 0.136 e. The number of likely N-dealkylation sites (tertiary alicyclic amines) is 1. The lowest BCUT2D eigenvalue weighted by molar-refractivity contribution is -0.124. The van der Waals surface area contributed by atoms with Gasteiger partial charge in [0.2, 0.25) is 0 Å². The Hall–Kier alpha value is -1.19. The van der Waals surface area contributed by atoms with Crippen molar-refractivity contribution in [1.82, 2.24) is 9.80 Å². The number of piperidine rings is 1. The van der Waals surface area contributed by atoms with Crippen molar-refractivity contribution in [2.45, 2.75) is 69.7 Å². The van der Waals surface area contributed by atoms with E-state index in [1.54, 1.807) is 0 Å². The highest BCUT2D eigenvalue weighted by Crippen LogP contribution is 2.39. The second kappa shape index (κ2) is 5.78. The summed E-state index contributed by atoms with van der Waals surface area (Å²) in [6.45, 7) is 4.58. The molecule has 0 spiro atoms. The van der Waals surface area contributed by atoms with Crippen LogP contribution in [0.1, 0.15) is 44.6 Å². The van der Waals surface area contributed by atoms with Crippen LogP contribution >= 0.6 is 0 Å². The monoisotopic (exact) mass is 298 g/mol. The van der Waals surface area contributed by atoms with Gasteiger partial charge in [-0.1, -0.05) is 30.3 Å². The van der Waals surface area contributed by atoms with Gasteiger partial charge in [-0.15, -0.1) is 0 Å². The number of ketones is 1. The Bertz CT molecular complexity index is 528. The number of carbonyl (C=O) groups excluding carboxylic acids is 1. The van der Waals surface area contributed by atoms with Crippen molar-refractivity contribution in [3.8, 4) is 0 Å². The molecular weight excluding hydrogens is 272 g/mol. The lowest BCUT2D eigenvalue weighted by atomic mass is 9.98. The summed E-state index contributed by atoms with van der Waals surface area (Å²) in [7, 11) is 0. The number of hydrogen-bond acceptors (Lipinski definition) is 3. The fourth-order valence-corrected chi connectivity index (χ4v) is 4.92. The van der Waals surface area contributed by atoms with Crippen molar-refractivity contribution in [2.75, 3.05) is 6.54 Å². The Morgan fingerprint density at radius 2 is 1.73 bits per heavy atom. The number of fused-ring (bicyclic) bond motifs is 2. The molecule has 3 nitrogen and oxygen atoms in total. The van der Waals surface area contributed by atoms with Gasteiger partial charge in [0.25, 0.3) is 0 Å². The summed E-state index contributed by atoms with van der Waals surface area (Å²) in [4.78, 5) is 17.2. The van der Waals surface area contributed by atoms with E-state index in [0.29, 0.717) is 30.0 Å². The number of rotatable bonds is 3. The number of nitrogens with zero attached hydrogens (tertiary/aromatic N) is 2. The SMILES string of the molecule is CC1CC(N2C3CCC2CC(=O)C3)CN1Cc1ccccc1. The first kappa shape index (κ1) is 14.4. The zero-order chi connectivity index (χ0) is 15.1. The molecule has 0 amide bonds. The van der Waals surface area contributed by atoms with Crippen molar-refractivity contribution in [2.24, 2.45) is 0 Å². The third kappa shape index (κ3) is 2.61. The summed E-state index contributed by atoms with van der Waals surface area (Å²) in [6, 6.07) is 13.2.